The molecule has 4 heterocycles. The summed E-state index contributed by atoms with van der Waals surface area (Å²) in [5.41, 5.74) is 5.17. The molecule has 0 fully saturated rings. The molecule has 164 valence electrons. The predicted molar refractivity (Wildman–Crippen MR) is 121 cm³/mol. The molecule has 0 saturated heterocycles. The minimum atomic E-state index is -3.63. The molecule has 0 spiro atoms. The van der Waals surface area contributed by atoms with Crippen molar-refractivity contribution in [3.63, 3.8) is 0 Å². The third kappa shape index (κ3) is 3.53. The van der Waals surface area contributed by atoms with Crippen LogP contribution >= 0.6 is 0 Å². The number of aromatic nitrogens is 4. The normalized spacial score (nSPS) is 14.5. The van der Waals surface area contributed by atoms with E-state index in [0.717, 1.165) is 33.3 Å². The van der Waals surface area contributed by atoms with Crippen molar-refractivity contribution in [2.24, 2.45) is 7.05 Å². The molecule has 0 N–H and O–H groups in total. The highest BCUT2D eigenvalue weighted by Crippen LogP contribution is 2.29. The maximum Gasteiger partial charge on any atom is 0.243 e. The first-order valence-electron chi connectivity index (χ1n) is 10.3. The van der Waals surface area contributed by atoms with Crippen molar-refractivity contribution in [3.8, 4) is 16.9 Å². The Morgan fingerprint density at radius 1 is 1.09 bits per heavy atom. The highest BCUT2D eigenvalue weighted by molar-refractivity contribution is 7.89. The largest absolute Gasteiger partial charge is 0.496 e. The number of ether oxygens (including phenoxy) is 1. The second-order valence-electron chi connectivity index (χ2n) is 7.99. The third-order valence-electron chi connectivity index (χ3n) is 5.82. The van der Waals surface area contributed by atoms with Crippen molar-refractivity contribution in [2.45, 2.75) is 24.8 Å². The van der Waals surface area contributed by atoms with Crippen molar-refractivity contribution < 1.29 is 13.2 Å². The second kappa shape index (κ2) is 7.68. The first-order chi connectivity index (χ1) is 15.3. The minimum Gasteiger partial charge on any atom is -0.496 e. The number of nitrogens with zero attached hydrogens (tertiary/aromatic N) is 5. The summed E-state index contributed by atoms with van der Waals surface area (Å²) in [7, 11) is -0.187. The van der Waals surface area contributed by atoms with Gasteiger partial charge in [-0.3, -0.25) is 4.68 Å². The van der Waals surface area contributed by atoms with E-state index in [1.807, 2.05) is 32.3 Å². The molecule has 1 aromatic carbocycles. The number of aryl methyl sites for hydroxylation is 2. The van der Waals surface area contributed by atoms with E-state index in [-0.39, 0.29) is 11.4 Å². The molecule has 9 heteroatoms. The Morgan fingerprint density at radius 2 is 1.94 bits per heavy atom. The molecule has 5 rings (SSSR count). The average Bonchev–Trinajstić information content (AvgIpc) is 3.23. The van der Waals surface area contributed by atoms with Crippen LogP contribution in [0.4, 0.5) is 0 Å². The Labute approximate surface area is 186 Å². The lowest BCUT2D eigenvalue weighted by Gasteiger charge is -2.28. The number of methoxy groups -OCH3 is 1. The quantitative estimate of drug-likeness (QED) is 0.476. The van der Waals surface area contributed by atoms with Gasteiger partial charge in [0.1, 0.15) is 5.75 Å². The van der Waals surface area contributed by atoms with Crippen LogP contribution < -0.4 is 4.74 Å². The lowest BCUT2D eigenvalue weighted by molar-refractivity contribution is 0.388. The Morgan fingerprint density at radius 3 is 2.66 bits per heavy atom. The van der Waals surface area contributed by atoms with Gasteiger partial charge in [0.25, 0.3) is 0 Å². The van der Waals surface area contributed by atoms with Gasteiger partial charge in [0.05, 0.1) is 18.2 Å². The van der Waals surface area contributed by atoms with Crippen LogP contribution in [0.2, 0.25) is 0 Å². The Balaban J connectivity index is 1.49. The molecular weight excluding hydrogens is 426 g/mol. The van der Waals surface area contributed by atoms with Crippen molar-refractivity contribution in [1.82, 2.24) is 24.1 Å². The minimum absolute atomic E-state index is 0.272. The molecule has 3 aromatic heterocycles. The molecule has 4 aromatic rings. The first-order valence-corrected chi connectivity index (χ1v) is 11.7. The van der Waals surface area contributed by atoms with E-state index in [9.17, 15) is 8.42 Å². The van der Waals surface area contributed by atoms with Gasteiger partial charge in [-0.2, -0.15) is 9.40 Å². The average molecular weight is 450 g/mol. The van der Waals surface area contributed by atoms with E-state index in [0.29, 0.717) is 24.4 Å². The van der Waals surface area contributed by atoms with E-state index in [2.05, 4.69) is 10.1 Å². The van der Waals surface area contributed by atoms with Crippen molar-refractivity contribution >= 4 is 21.1 Å². The topological polar surface area (TPSA) is 90.2 Å². The fourth-order valence-corrected chi connectivity index (χ4v) is 5.60. The summed E-state index contributed by atoms with van der Waals surface area (Å²) < 4.78 is 35.1. The van der Waals surface area contributed by atoms with Crippen molar-refractivity contribution in [2.75, 3.05) is 13.7 Å². The Bertz CT molecular complexity index is 1450. The second-order valence-corrected chi connectivity index (χ2v) is 9.93. The summed E-state index contributed by atoms with van der Waals surface area (Å²) >= 11 is 0. The van der Waals surface area contributed by atoms with E-state index >= 15 is 0 Å². The number of hydrogen-bond donors (Lipinski definition) is 0. The van der Waals surface area contributed by atoms with E-state index in [1.54, 1.807) is 42.4 Å². The number of sulfonamides is 1. The van der Waals surface area contributed by atoms with Gasteiger partial charge < -0.3 is 4.74 Å². The van der Waals surface area contributed by atoms with E-state index < -0.39 is 10.0 Å². The lowest BCUT2D eigenvalue weighted by atomic mass is 10.0. The molecule has 8 nitrogen and oxygen atoms in total. The molecule has 0 atom stereocenters. The summed E-state index contributed by atoms with van der Waals surface area (Å²) in [5, 5.41) is 5.10. The molecule has 0 bridgehead atoms. The van der Waals surface area contributed by atoms with Crippen LogP contribution in [0.5, 0.6) is 5.75 Å². The number of benzene rings is 1. The molecule has 1 aliphatic rings. The Hall–Kier alpha value is -3.30. The fourth-order valence-electron chi connectivity index (χ4n) is 4.09. The number of hydrogen-bond acceptors (Lipinski definition) is 6. The van der Waals surface area contributed by atoms with Gasteiger partial charge in [-0.15, -0.1) is 0 Å². The molecule has 32 heavy (non-hydrogen) atoms. The number of rotatable bonds is 4. The molecule has 0 unspecified atom stereocenters. The lowest BCUT2D eigenvalue weighted by Crippen LogP contribution is -2.36. The van der Waals surface area contributed by atoms with Crippen molar-refractivity contribution in [3.05, 3.63) is 65.7 Å². The standard InChI is InChI=1S/C23H23N5O3S/c1-15-8-20(4-5-22(15)31-3)32(29,30)28-7-6-21-18(14-28)10-16-9-17(11-24-23(16)26-21)19-12-25-27(2)13-19/h4-5,8-13H,6-7,14H2,1-3H3. The number of fused-ring (bicyclic) bond motifs is 2. The summed E-state index contributed by atoms with van der Waals surface area (Å²) in [4.78, 5) is 9.51. The van der Waals surface area contributed by atoms with Gasteiger partial charge in [-0.25, -0.2) is 18.4 Å². The van der Waals surface area contributed by atoms with Crippen LogP contribution in [0.25, 0.3) is 22.2 Å². The first kappa shape index (κ1) is 20.6. The van der Waals surface area contributed by atoms with Gasteiger partial charge >= 0.3 is 0 Å². The zero-order valence-electron chi connectivity index (χ0n) is 18.1. The Kier molecular flexibility index (Phi) is 4.94. The maximum absolute atomic E-state index is 13.3. The monoisotopic (exact) mass is 449 g/mol. The van der Waals surface area contributed by atoms with Gasteiger partial charge in [-0.05, 0) is 48.4 Å². The molecule has 1 aliphatic heterocycles. The van der Waals surface area contributed by atoms with Gasteiger partial charge in [0, 0.05) is 61.2 Å². The predicted octanol–water partition coefficient (Wildman–Crippen LogP) is 3.09. The van der Waals surface area contributed by atoms with Crippen LogP contribution in [-0.4, -0.2) is 46.1 Å². The van der Waals surface area contributed by atoms with Gasteiger partial charge in [0.15, 0.2) is 5.65 Å². The highest BCUT2D eigenvalue weighted by Gasteiger charge is 2.29. The van der Waals surface area contributed by atoms with E-state index in [1.165, 1.54) is 4.31 Å². The summed E-state index contributed by atoms with van der Waals surface area (Å²) in [6.07, 6.45) is 6.07. The molecule has 0 saturated carbocycles. The smallest absolute Gasteiger partial charge is 0.243 e. The van der Waals surface area contributed by atoms with Crippen LogP contribution in [0.1, 0.15) is 16.8 Å². The third-order valence-corrected chi connectivity index (χ3v) is 7.66. The molecule has 0 aliphatic carbocycles. The van der Waals surface area contributed by atoms with E-state index in [4.69, 9.17) is 9.72 Å². The SMILES string of the molecule is COc1ccc(S(=O)(=O)N2CCc3nc4ncc(-c5cnn(C)c5)cc4cc3C2)cc1C. The van der Waals surface area contributed by atoms with Crippen molar-refractivity contribution in [1.29, 1.82) is 0 Å². The summed E-state index contributed by atoms with van der Waals surface area (Å²) in [6.45, 7) is 2.50. The number of pyridine rings is 2. The zero-order chi connectivity index (χ0) is 22.5. The zero-order valence-corrected chi connectivity index (χ0v) is 18.9. The maximum atomic E-state index is 13.3. The molecule has 0 amide bonds. The molecular formula is C23H23N5O3S. The highest BCUT2D eigenvalue weighted by atomic mass is 32.2. The molecule has 0 radical (unpaired) electrons. The van der Waals surface area contributed by atoms with Gasteiger partial charge in [0.2, 0.25) is 10.0 Å². The summed E-state index contributed by atoms with van der Waals surface area (Å²) in [6, 6.07) is 8.98. The van der Waals surface area contributed by atoms with Crippen LogP contribution in [0.15, 0.2) is 53.8 Å². The van der Waals surface area contributed by atoms with Crippen LogP contribution in [0.3, 0.4) is 0 Å². The van der Waals surface area contributed by atoms with Crippen LogP contribution in [-0.2, 0) is 30.0 Å². The summed E-state index contributed by atoms with van der Waals surface area (Å²) in [5.74, 6) is 0.667. The fraction of sp³-hybridized carbons (Fsp3) is 0.261. The van der Waals surface area contributed by atoms with Gasteiger partial charge in [-0.1, -0.05) is 0 Å². The van der Waals surface area contributed by atoms with Crippen LogP contribution in [0, 0.1) is 6.92 Å².